The fourth-order valence-electron chi connectivity index (χ4n) is 5.96. The van der Waals surface area contributed by atoms with Crippen molar-refractivity contribution in [2.45, 2.75) is 25.7 Å². The summed E-state index contributed by atoms with van der Waals surface area (Å²) in [6.45, 7) is 3.18. The van der Waals surface area contributed by atoms with E-state index >= 15 is 0 Å². The molecule has 3 nitrogen and oxygen atoms in total. The summed E-state index contributed by atoms with van der Waals surface area (Å²) in [6.07, 6.45) is 11.2. The Morgan fingerprint density at radius 3 is 1.84 bits per heavy atom. The SMILES string of the molecule is CN(C)CCC=C1c2ccccc2C=Cc2ccccc21.CN(C)CCCN1c2ccccc2CCc2ccc(Cl)cc21.Cl.Cl. The van der Waals surface area contributed by atoms with Gasteiger partial charge < -0.3 is 14.7 Å². The van der Waals surface area contributed by atoms with Crippen LogP contribution in [0, 0.1) is 0 Å². The summed E-state index contributed by atoms with van der Waals surface area (Å²) < 4.78 is 0. The lowest BCUT2D eigenvalue weighted by Crippen LogP contribution is -2.24. The number of hydrogen-bond acceptors (Lipinski definition) is 3. The van der Waals surface area contributed by atoms with E-state index in [0.29, 0.717) is 0 Å². The molecule has 0 fully saturated rings. The van der Waals surface area contributed by atoms with Gasteiger partial charge in [-0.05, 0) is 118 Å². The van der Waals surface area contributed by atoms with E-state index in [0.717, 1.165) is 50.3 Å². The van der Waals surface area contributed by atoms with Crippen LogP contribution in [0.3, 0.4) is 0 Å². The van der Waals surface area contributed by atoms with Crippen LogP contribution < -0.4 is 4.90 Å². The number of fused-ring (bicyclic) bond motifs is 4. The van der Waals surface area contributed by atoms with E-state index in [1.54, 1.807) is 0 Å². The topological polar surface area (TPSA) is 9.72 Å². The maximum Gasteiger partial charge on any atom is 0.0458 e. The Labute approximate surface area is 288 Å². The molecule has 0 saturated heterocycles. The van der Waals surface area contributed by atoms with Crippen LogP contribution in [0.5, 0.6) is 0 Å². The molecule has 0 atom stereocenters. The van der Waals surface area contributed by atoms with E-state index < -0.39 is 0 Å². The molecule has 1 heterocycles. The predicted octanol–water partition coefficient (Wildman–Crippen LogP) is 9.93. The van der Waals surface area contributed by atoms with Gasteiger partial charge in [0.1, 0.15) is 0 Å². The third-order valence-electron chi connectivity index (χ3n) is 8.14. The summed E-state index contributed by atoms with van der Waals surface area (Å²) >= 11 is 6.27. The summed E-state index contributed by atoms with van der Waals surface area (Å²) in [4.78, 5) is 6.92. The van der Waals surface area contributed by atoms with Crippen molar-refractivity contribution in [1.82, 2.24) is 9.80 Å². The Morgan fingerprint density at radius 2 is 1.22 bits per heavy atom. The number of anilines is 2. The number of benzene rings is 4. The van der Waals surface area contributed by atoms with Gasteiger partial charge in [0.05, 0.1) is 0 Å². The van der Waals surface area contributed by atoms with Gasteiger partial charge in [-0.15, -0.1) is 24.8 Å². The van der Waals surface area contributed by atoms with Crippen LogP contribution in [0.15, 0.2) is 97.1 Å². The van der Waals surface area contributed by atoms with Gasteiger partial charge in [0.2, 0.25) is 0 Å². The van der Waals surface area contributed by atoms with E-state index in [1.807, 2.05) is 6.07 Å². The second-order valence-electron chi connectivity index (χ2n) is 11.9. The van der Waals surface area contributed by atoms with Gasteiger partial charge in [0, 0.05) is 29.5 Å². The molecule has 4 aromatic rings. The Bertz CT molecular complexity index is 1540. The van der Waals surface area contributed by atoms with Crippen LogP contribution in [0.1, 0.15) is 46.2 Å². The number of aryl methyl sites for hydroxylation is 2. The van der Waals surface area contributed by atoms with Crippen molar-refractivity contribution in [1.29, 1.82) is 0 Å². The number of hydrogen-bond donors (Lipinski definition) is 0. The largest absolute Gasteiger partial charge is 0.341 e. The zero-order valence-electron chi connectivity index (χ0n) is 26.9. The van der Waals surface area contributed by atoms with Crippen LogP contribution in [-0.2, 0) is 12.8 Å². The molecule has 0 saturated carbocycles. The third kappa shape index (κ3) is 9.48. The van der Waals surface area contributed by atoms with Crippen LogP contribution in [0.25, 0.3) is 17.7 Å². The third-order valence-corrected chi connectivity index (χ3v) is 8.38. The summed E-state index contributed by atoms with van der Waals surface area (Å²) in [5.74, 6) is 0. The van der Waals surface area contributed by atoms with Crippen LogP contribution in [0.2, 0.25) is 5.02 Å². The van der Waals surface area contributed by atoms with Gasteiger partial charge in [-0.3, -0.25) is 0 Å². The van der Waals surface area contributed by atoms with Gasteiger partial charge in [0.25, 0.3) is 0 Å². The van der Waals surface area contributed by atoms with E-state index in [1.165, 1.54) is 50.3 Å². The van der Waals surface area contributed by atoms with Crippen molar-refractivity contribution in [2.24, 2.45) is 0 Å². The first-order valence-corrected chi connectivity index (χ1v) is 15.8. The average Bonchev–Trinajstić information content (AvgIpc) is 3.26. The summed E-state index contributed by atoms with van der Waals surface area (Å²) in [5.41, 5.74) is 12.0. The van der Waals surface area contributed by atoms with E-state index in [2.05, 4.69) is 146 Å². The van der Waals surface area contributed by atoms with E-state index in [-0.39, 0.29) is 24.8 Å². The minimum atomic E-state index is 0. The van der Waals surface area contributed by atoms with E-state index in [4.69, 9.17) is 11.6 Å². The van der Waals surface area contributed by atoms with Gasteiger partial charge in [0.15, 0.2) is 0 Å². The standard InChI is InChI=1S/C20H21N.C19H23ClN2.2ClH/c1-21(2)15-7-12-20-18-10-5-3-8-16(18)13-14-17-9-4-6-11-19(17)20;1-21(2)12-5-13-22-18-7-4-3-6-15(18)8-9-16-10-11-17(20)14-19(16)22;;/h3-6,8-14H,7,15H2,1-2H3;3-4,6-7,10-11,14H,5,8-9,12-13H2,1-2H3;2*1H. The van der Waals surface area contributed by atoms with Crippen molar-refractivity contribution >= 4 is 65.5 Å². The molecule has 1 aliphatic heterocycles. The second-order valence-corrected chi connectivity index (χ2v) is 12.4. The van der Waals surface area contributed by atoms with Crippen LogP contribution >= 0.6 is 36.4 Å². The van der Waals surface area contributed by atoms with Crippen molar-refractivity contribution in [3.63, 3.8) is 0 Å². The molecule has 0 spiro atoms. The summed E-state index contributed by atoms with van der Waals surface area (Å²) in [5, 5.41) is 0.816. The molecular weight excluding hydrogens is 617 g/mol. The lowest BCUT2D eigenvalue weighted by Gasteiger charge is -2.27. The Kier molecular flexibility index (Phi) is 14.2. The zero-order valence-corrected chi connectivity index (χ0v) is 29.3. The Morgan fingerprint density at radius 1 is 0.667 bits per heavy atom. The molecule has 6 rings (SSSR count). The minimum absolute atomic E-state index is 0. The molecule has 2 aliphatic rings. The van der Waals surface area contributed by atoms with Crippen molar-refractivity contribution in [2.75, 3.05) is 52.7 Å². The fraction of sp³-hybridized carbons (Fsp3) is 0.282. The second kappa shape index (κ2) is 17.6. The highest BCUT2D eigenvalue weighted by Crippen LogP contribution is 2.37. The minimum Gasteiger partial charge on any atom is -0.341 e. The van der Waals surface area contributed by atoms with Crippen LogP contribution in [-0.4, -0.2) is 57.6 Å². The molecule has 0 radical (unpaired) electrons. The number of para-hydroxylation sites is 1. The monoisotopic (exact) mass is 661 g/mol. The molecule has 4 aromatic carbocycles. The van der Waals surface area contributed by atoms with Crippen LogP contribution in [0.4, 0.5) is 11.4 Å². The normalized spacial score (nSPS) is 12.7. The van der Waals surface area contributed by atoms with Gasteiger partial charge >= 0.3 is 0 Å². The lowest BCUT2D eigenvalue weighted by molar-refractivity contribution is 0.402. The summed E-state index contributed by atoms with van der Waals surface area (Å²) in [6, 6.07) is 32.4. The first kappa shape index (κ1) is 36.4. The molecule has 0 bridgehead atoms. The maximum atomic E-state index is 6.27. The highest BCUT2D eigenvalue weighted by Gasteiger charge is 2.20. The molecule has 0 unspecified atom stereocenters. The fourth-order valence-corrected chi connectivity index (χ4v) is 6.12. The average molecular weight is 663 g/mol. The van der Waals surface area contributed by atoms with Gasteiger partial charge in [-0.1, -0.05) is 103 Å². The smallest absolute Gasteiger partial charge is 0.0458 e. The quantitative estimate of drug-likeness (QED) is 0.172. The maximum absolute atomic E-state index is 6.27. The lowest BCUT2D eigenvalue weighted by atomic mass is 9.93. The molecular formula is C39H46Cl3N3. The zero-order chi connectivity index (χ0) is 30.2. The number of rotatable bonds is 7. The molecule has 1 aliphatic carbocycles. The highest BCUT2D eigenvalue weighted by molar-refractivity contribution is 6.30. The van der Waals surface area contributed by atoms with Crippen molar-refractivity contribution < 1.29 is 0 Å². The van der Waals surface area contributed by atoms with Crippen molar-refractivity contribution in [3.8, 4) is 0 Å². The predicted molar refractivity (Wildman–Crippen MR) is 202 cm³/mol. The first-order valence-electron chi connectivity index (χ1n) is 15.4. The summed E-state index contributed by atoms with van der Waals surface area (Å²) in [7, 11) is 8.49. The number of halogens is 3. The molecule has 238 valence electrons. The van der Waals surface area contributed by atoms with E-state index in [9.17, 15) is 0 Å². The highest BCUT2D eigenvalue weighted by atomic mass is 35.5. The first-order chi connectivity index (χ1) is 20.9. The molecule has 0 amide bonds. The molecule has 6 heteroatoms. The number of nitrogens with zero attached hydrogens (tertiary/aromatic N) is 3. The molecule has 0 N–H and O–H groups in total. The Balaban J connectivity index is 0.000000235. The van der Waals surface area contributed by atoms with Gasteiger partial charge in [-0.25, -0.2) is 0 Å². The van der Waals surface area contributed by atoms with Gasteiger partial charge in [-0.2, -0.15) is 0 Å². The van der Waals surface area contributed by atoms with Crippen molar-refractivity contribution in [3.05, 3.63) is 135 Å². The molecule has 45 heavy (non-hydrogen) atoms. The molecule has 0 aromatic heterocycles. The Hall–Kier alpha value is -3.05.